The van der Waals surface area contributed by atoms with Crippen LogP contribution < -0.4 is 0 Å². The van der Waals surface area contributed by atoms with Crippen LogP contribution in [0.5, 0.6) is 0 Å². The van der Waals surface area contributed by atoms with Crippen molar-refractivity contribution in [3.63, 3.8) is 0 Å². The normalized spacial score (nSPS) is 29.0. The minimum Gasteiger partial charge on any atom is -0.462 e. The summed E-state index contributed by atoms with van der Waals surface area (Å²) >= 11 is 0. The van der Waals surface area contributed by atoms with Crippen LogP contribution in [0.2, 0.25) is 0 Å². The minimum atomic E-state index is -0.180. The van der Waals surface area contributed by atoms with Gasteiger partial charge in [0.25, 0.3) is 0 Å². The van der Waals surface area contributed by atoms with Gasteiger partial charge >= 0.3 is 5.97 Å². The molecule has 0 saturated heterocycles. The van der Waals surface area contributed by atoms with Gasteiger partial charge in [-0.25, -0.2) is 0 Å². The van der Waals surface area contributed by atoms with E-state index in [2.05, 4.69) is 35.9 Å². The maximum absolute atomic E-state index is 12.4. The van der Waals surface area contributed by atoms with Crippen molar-refractivity contribution >= 4 is 5.97 Å². The highest BCUT2D eigenvalue weighted by Gasteiger charge is 2.62. The van der Waals surface area contributed by atoms with Crippen molar-refractivity contribution in [1.82, 2.24) is 15.1 Å². The molecule has 2 aromatic rings. The Hall–Kier alpha value is -2.24. The number of ether oxygens (including phenoxy) is 1. The summed E-state index contributed by atoms with van der Waals surface area (Å²) in [6.07, 6.45) is 7.42. The van der Waals surface area contributed by atoms with Crippen molar-refractivity contribution in [2.75, 3.05) is 0 Å². The minimum absolute atomic E-state index is 0.0254. The number of aromatic nitrogens is 3. The molecule has 0 spiro atoms. The predicted octanol–water partition coefficient (Wildman–Crippen LogP) is 3.82. The summed E-state index contributed by atoms with van der Waals surface area (Å²) in [5, 5.41) is 3.95. The number of pyridine rings is 1. The molecule has 0 unspecified atom stereocenters. The highest BCUT2D eigenvalue weighted by atomic mass is 16.5. The van der Waals surface area contributed by atoms with E-state index in [0.717, 1.165) is 18.4 Å². The fourth-order valence-corrected chi connectivity index (χ4v) is 4.70. The molecule has 3 atom stereocenters. The van der Waals surface area contributed by atoms with Crippen molar-refractivity contribution in [3.8, 4) is 11.4 Å². The number of nitrogens with zero attached hydrogens (tertiary/aromatic N) is 3. The van der Waals surface area contributed by atoms with Crippen LogP contribution in [-0.4, -0.2) is 27.2 Å². The molecule has 0 amide bonds. The average Bonchev–Trinajstić information content (AvgIpc) is 3.24. The molecular weight excluding hydrogens is 330 g/mol. The largest absolute Gasteiger partial charge is 0.462 e. The Bertz CT molecular complexity index is 802. The lowest BCUT2D eigenvalue weighted by atomic mass is 9.70. The molecule has 6 nitrogen and oxygen atoms in total. The zero-order chi connectivity index (χ0) is 18.4. The molecule has 2 saturated carbocycles. The maximum Gasteiger partial charge on any atom is 0.306 e. The summed E-state index contributed by atoms with van der Waals surface area (Å²) in [5.41, 5.74) is 1.12. The van der Waals surface area contributed by atoms with E-state index in [-0.39, 0.29) is 29.3 Å². The first-order valence-corrected chi connectivity index (χ1v) is 9.32. The summed E-state index contributed by atoms with van der Waals surface area (Å²) in [7, 11) is 0. The van der Waals surface area contributed by atoms with Crippen LogP contribution in [0.1, 0.15) is 52.3 Å². The lowest BCUT2D eigenvalue weighted by Gasteiger charge is -2.38. The Labute approximate surface area is 153 Å². The van der Waals surface area contributed by atoms with Gasteiger partial charge in [0, 0.05) is 29.8 Å². The molecule has 0 aromatic carbocycles. The zero-order valence-electron chi connectivity index (χ0n) is 15.6. The van der Waals surface area contributed by atoms with Gasteiger partial charge in [0.15, 0.2) is 0 Å². The summed E-state index contributed by atoms with van der Waals surface area (Å²) in [6.45, 7) is 6.91. The lowest BCUT2D eigenvalue weighted by molar-refractivity contribution is -0.156. The summed E-state index contributed by atoms with van der Waals surface area (Å²) in [4.78, 5) is 20.7. The smallest absolute Gasteiger partial charge is 0.306 e. The second-order valence-corrected chi connectivity index (χ2v) is 8.34. The Morgan fingerprint density at radius 2 is 2.23 bits per heavy atom. The van der Waals surface area contributed by atoms with Gasteiger partial charge in [-0.05, 0) is 42.7 Å². The van der Waals surface area contributed by atoms with E-state index < -0.39 is 0 Å². The zero-order valence-corrected chi connectivity index (χ0v) is 15.6. The van der Waals surface area contributed by atoms with Gasteiger partial charge < -0.3 is 9.26 Å². The highest BCUT2D eigenvalue weighted by molar-refractivity contribution is 5.70. The molecule has 4 rings (SSSR count). The van der Waals surface area contributed by atoms with Crippen LogP contribution in [0.25, 0.3) is 11.4 Å². The summed E-state index contributed by atoms with van der Waals surface area (Å²) in [6, 6.07) is 3.69. The van der Waals surface area contributed by atoms with Gasteiger partial charge in [0.1, 0.15) is 6.10 Å². The van der Waals surface area contributed by atoms with Crippen molar-refractivity contribution in [1.29, 1.82) is 0 Å². The maximum atomic E-state index is 12.4. The third-order valence-corrected chi connectivity index (χ3v) is 6.92. The van der Waals surface area contributed by atoms with E-state index in [0.29, 0.717) is 24.1 Å². The van der Waals surface area contributed by atoms with Crippen molar-refractivity contribution < 1.29 is 14.1 Å². The van der Waals surface area contributed by atoms with Gasteiger partial charge in [-0.15, -0.1) is 0 Å². The molecule has 0 N–H and O–H groups in total. The summed E-state index contributed by atoms with van der Waals surface area (Å²) in [5.74, 6) is 1.41. The van der Waals surface area contributed by atoms with Crippen LogP contribution in [0, 0.1) is 16.7 Å². The molecule has 6 heteroatoms. The van der Waals surface area contributed by atoms with Gasteiger partial charge in [-0.1, -0.05) is 25.9 Å². The Balaban J connectivity index is 1.34. The summed E-state index contributed by atoms with van der Waals surface area (Å²) < 4.78 is 11.1. The van der Waals surface area contributed by atoms with Gasteiger partial charge in [0.2, 0.25) is 11.7 Å². The second-order valence-electron chi connectivity index (χ2n) is 8.34. The molecule has 2 aromatic heterocycles. The first-order chi connectivity index (χ1) is 12.4. The number of carbonyl (C=O) groups is 1. The number of aryl methyl sites for hydroxylation is 1. The van der Waals surface area contributed by atoms with E-state index in [9.17, 15) is 4.79 Å². The molecular formula is C20H25N3O3. The lowest BCUT2D eigenvalue weighted by Crippen LogP contribution is -2.38. The quantitative estimate of drug-likeness (QED) is 0.759. The van der Waals surface area contributed by atoms with Gasteiger partial charge in [-0.3, -0.25) is 9.78 Å². The van der Waals surface area contributed by atoms with Gasteiger partial charge in [-0.2, -0.15) is 4.98 Å². The topological polar surface area (TPSA) is 78.1 Å². The van der Waals surface area contributed by atoms with Crippen LogP contribution in [0.4, 0.5) is 0 Å². The molecule has 2 aliphatic rings. The van der Waals surface area contributed by atoms with Crippen molar-refractivity contribution in [2.45, 2.75) is 59.0 Å². The monoisotopic (exact) mass is 355 g/mol. The van der Waals surface area contributed by atoms with E-state index in [1.165, 1.54) is 6.42 Å². The molecule has 26 heavy (non-hydrogen) atoms. The molecule has 2 heterocycles. The molecule has 2 aliphatic carbocycles. The molecule has 0 aliphatic heterocycles. The first kappa shape index (κ1) is 17.2. The van der Waals surface area contributed by atoms with E-state index in [1.54, 1.807) is 12.4 Å². The van der Waals surface area contributed by atoms with Gasteiger partial charge in [0.05, 0.1) is 6.42 Å². The third-order valence-electron chi connectivity index (χ3n) is 6.92. The fourth-order valence-electron chi connectivity index (χ4n) is 4.70. The molecule has 0 radical (unpaired) electrons. The number of hydrogen-bond donors (Lipinski definition) is 0. The van der Waals surface area contributed by atoms with Crippen LogP contribution >= 0.6 is 0 Å². The molecule has 2 fully saturated rings. The second kappa shape index (κ2) is 6.18. The number of esters is 1. The molecule has 138 valence electrons. The Kier molecular flexibility index (Phi) is 4.09. The van der Waals surface area contributed by atoms with Crippen LogP contribution in [0.15, 0.2) is 29.0 Å². The highest BCUT2D eigenvalue weighted by Crippen LogP contribution is 2.66. The fraction of sp³-hybridized carbons (Fsp3) is 0.600. The van der Waals surface area contributed by atoms with E-state index >= 15 is 0 Å². The standard InChI is InChI=1S/C20H25N3O3/c1-19(2)14-8-9-20(19,3)15(11-14)25-17(24)7-6-16-22-18(23-26-16)13-5-4-10-21-12-13/h4-5,10,12,14-15H,6-9,11H2,1-3H3/t14-,15+,20-/m0/s1. The first-order valence-electron chi connectivity index (χ1n) is 9.32. The third kappa shape index (κ3) is 2.72. The van der Waals surface area contributed by atoms with Crippen LogP contribution in [0.3, 0.4) is 0 Å². The average molecular weight is 355 g/mol. The van der Waals surface area contributed by atoms with E-state index in [4.69, 9.17) is 9.26 Å². The SMILES string of the molecule is CC1(C)[C@H]2CC[C@@]1(C)[C@H](OC(=O)CCc1nc(-c3cccnc3)no1)C2. The van der Waals surface area contributed by atoms with E-state index in [1.807, 2.05) is 12.1 Å². The number of hydrogen-bond acceptors (Lipinski definition) is 6. The Morgan fingerprint density at radius 1 is 1.38 bits per heavy atom. The van der Waals surface area contributed by atoms with Crippen molar-refractivity contribution in [3.05, 3.63) is 30.4 Å². The number of fused-ring (bicyclic) bond motifs is 2. The van der Waals surface area contributed by atoms with Crippen molar-refractivity contribution in [2.24, 2.45) is 16.7 Å². The molecule has 2 bridgehead atoms. The number of rotatable bonds is 5. The predicted molar refractivity (Wildman–Crippen MR) is 95.0 cm³/mol. The van der Waals surface area contributed by atoms with Crippen LogP contribution in [-0.2, 0) is 16.0 Å². The Morgan fingerprint density at radius 3 is 2.88 bits per heavy atom. The number of carbonyl (C=O) groups excluding carboxylic acids is 1.